The van der Waals surface area contributed by atoms with Gasteiger partial charge in [-0.1, -0.05) is 0 Å². The smallest absolute Gasteiger partial charge is 0.268 e. The number of aromatic nitrogens is 2. The van der Waals surface area contributed by atoms with E-state index in [1.165, 1.54) is 6.33 Å². The summed E-state index contributed by atoms with van der Waals surface area (Å²) in [5.74, 6) is 0.409. The predicted octanol–water partition coefficient (Wildman–Crippen LogP) is 1.87. The molecule has 0 fully saturated rings. The summed E-state index contributed by atoms with van der Waals surface area (Å²) < 4.78 is 6.06. The number of rotatable bonds is 6. The predicted molar refractivity (Wildman–Crippen MR) is 80.0 cm³/mol. The molecule has 18 heavy (non-hydrogen) atoms. The average molecular weight is 365 g/mol. The maximum Gasteiger partial charge on any atom is 0.268 e. The lowest BCUT2D eigenvalue weighted by molar-refractivity contribution is 0.139. The van der Waals surface area contributed by atoms with Crippen molar-refractivity contribution >= 4 is 22.6 Å². The van der Waals surface area contributed by atoms with Crippen molar-refractivity contribution in [3.8, 4) is 5.88 Å². The molecule has 0 aliphatic heterocycles. The van der Waals surface area contributed by atoms with E-state index in [0.717, 1.165) is 6.54 Å². The topological polar surface area (TPSA) is 58.2 Å². The highest BCUT2D eigenvalue weighted by atomic mass is 127. The molecule has 0 aliphatic carbocycles. The van der Waals surface area contributed by atoms with Gasteiger partial charge in [-0.25, -0.2) is 4.98 Å². The molecule has 0 unspecified atom stereocenters. The summed E-state index contributed by atoms with van der Waals surface area (Å²) in [6.07, 6.45) is 1.36. The molecule has 102 valence electrons. The van der Waals surface area contributed by atoms with Crippen LogP contribution in [0.1, 0.15) is 27.7 Å². The summed E-state index contributed by atoms with van der Waals surface area (Å²) in [5, 5.41) is 0. The molecule has 1 aromatic heterocycles. The fraction of sp³-hybridized carbons (Fsp3) is 0.667. The third-order valence-electron chi connectivity index (χ3n) is 2.68. The second-order valence-electron chi connectivity index (χ2n) is 4.62. The molecule has 0 aliphatic rings. The van der Waals surface area contributed by atoms with Crippen molar-refractivity contribution in [2.45, 2.75) is 39.8 Å². The molecule has 6 heteroatoms. The van der Waals surface area contributed by atoms with Gasteiger partial charge in [-0.3, -0.25) is 9.69 Å². The van der Waals surface area contributed by atoms with Crippen molar-refractivity contribution < 1.29 is 4.74 Å². The summed E-state index contributed by atoms with van der Waals surface area (Å²) in [7, 11) is 0. The second kappa shape index (κ2) is 7.08. The molecule has 0 saturated carbocycles. The Hall–Kier alpha value is -0.630. The fourth-order valence-electron chi connectivity index (χ4n) is 1.83. The van der Waals surface area contributed by atoms with Crippen molar-refractivity contribution in [1.29, 1.82) is 0 Å². The first-order valence-electron chi connectivity index (χ1n) is 6.05. The lowest BCUT2D eigenvalue weighted by Crippen LogP contribution is -2.39. The Balaban J connectivity index is 2.56. The van der Waals surface area contributed by atoms with E-state index in [-0.39, 0.29) is 5.56 Å². The quantitative estimate of drug-likeness (QED) is 0.783. The first-order valence-corrected chi connectivity index (χ1v) is 7.13. The van der Waals surface area contributed by atoms with Gasteiger partial charge in [-0.05, 0) is 50.3 Å². The van der Waals surface area contributed by atoms with Crippen molar-refractivity contribution in [1.82, 2.24) is 14.9 Å². The molecule has 1 rings (SSSR count). The lowest BCUT2D eigenvalue weighted by atomic mass is 10.2. The molecular weight excluding hydrogens is 345 g/mol. The Kier molecular flexibility index (Phi) is 6.07. The molecular formula is C12H20IN3O2. The number of H-pyrrole nitrogens is 1. The van der Waals surface area contributed by atoms with E-state index in [1.807, 2.05) is 22.6 Å². The van der Waals surface area contributed by atoms with Crippen LogP contribution < -0.4 is 10.3 Å². The van der Waals surface area contributed by atoms with Gasteiger partial charge in [0.1, 0.15) is 10.2 Å². The van der Waals surface area contributed by atoms with Crippen molar-refractivity contribution in [2.24, 2.45) is 0 Å². The number of ether oxygens (including phenoxy) is 1. The van der Waals surface area contributed by atoms with Crippen LogP contribution in [0.5, 0.6) is 5.88 Å². The average Bonchev–Trinajstić information content (AvgIpc) is 2.28. The van der Waals surface area contributed by atoms with Crippen LogP contribution in [0, 0.1) is 3.57 Å². The van der Waals surface area contributed by atoms with E-state index in [0.29, 0.717) is 28.1 Å². The molecule has 0 atom stereocenters. The number of hydrogen-bond acceptors (Lipinski definition) is 4. The van der Waals surface area contributed by atoms with Crippen LogP contribution >= 0.6 is 22.6 Å². The van der Waals surface area contributed by atoms with Gasteiger partial charge in [0, 0.05) is 18.6 Å². The third-order valence-corrected chi connectivity index (χ3v) is 3.63. The van der Waals surface area contributed by atoms with Crippen molar-refractivity contribution in [3.05, 3.63) is 20.3 Å². The van der Waals surface area contributed by atoms with E-state index in [2.05, 4.69) is 42.6 Å². The Labute approximate surface area is 121 Å². The fourth-order valence-corrected chi connectivity index (χ4v) is 2.28. The molecule has 1 aromatic rings. The van der Waals surface area contributed by atoms with Gasteiger partial charge in [-0.2, -0.15) is 0 Å². The summed E-state index contributed by atoms with van der Waals surface area (Å²) >= 11 is 1.94. The number of halogens is 1. The Bertz CT molecular complexity index is 424. The molecule has 0 aromatic carbocycles. The zero-order valence-corrected chi connectivity index (χ0v) is 13.4. The first kappa shape index (κ1) is 15.4. The largest absolute Gasteiger partial charge is 0.475 e. The van der Waals surface area contributed by atoms with E-state index in [4.69, 9.17) is 4.74 Å². The van der Waals surface area contributed by atoms with Crippen LogP contribution in [-0.4, -0.2) is 40.1 Å². The van der Waals surface area contributed by atoms with Crippen LogP contribution in [0.4, 0.5) is 0 Å². The maximum atomic E-state index is 11.4. The molecule has 0 bridgehead atoms. The highest BCUT2D eigenvalue weighted by Crippen LogP contribution is 2.12. The number of nitrogens with one attached hydrogen (secondary N) is 1. The van der Waals surface area contributed by atoms with Crippen LogP contribution in [0.15, 0.2) is 11.1 Å². The lowest BCUT2D eigenvalue weighted by Gasteiger charge is -2.30. The molecule has 1 N–H and O–H groups in total. The number of hydrogen-bond donors (Lipinski definition) is 1. The standard InChI is InChI=1S/C12H20IN3O2/c1-8(2)16(9(3)4)5-6-18-12-10(13)11(17)14-7-15-12/h7-9H,5-6H2,1-4H3,(H,14,15,17). The Morgan fingerprint density at radius 1 is 1.39 bits per heavy atom. The van der Waals surface area contributed by atoms with Gasteiger partial charge < -0.3 is 9.72 Å². The summed E-state index contributed by atoms with van der Waals surface area (Å²) in [6.45, 7) is 10.00. The van der Waals surface area contributed by atoms with Gasteiger partial charge in [0.05, 0.1) is 6.33 Å². The second-order valence-corrected chi connectivity index (χ2v) is 5.70. The molecule has 0 radical (unpaired) electrons. The van der Waals surface area contributed by atoms with Gasteiger partial charge >= 0.3 is 0 Å². The number of aromatic amines is 1. The Morgan fingerprint density at radius 2 is 2.00 bits per heavy atom. The van der Waals surface area contributed by atoms with E-state index >= 15 is 0 Å². The van der Waals surface area contributed by atoms with Crippen LogP contribution in [-0.2, 0) is 0 Å². The maximum absolute atomic E-state index is 11.4. The SMILES string of the molecule is CC(C)N(CCOc1nc[nH]c(=O)c1I)C(C)C. The normalized spacial score (nSPS) is 11.6. The molecule has 5 nitrogen and oxygen atoms in total. The molecule has 0 amide bonds. The van der Waals surface area contributed by atoms with Crippen molar-refractivity contribution in [3.63, 3.8) is 0 Å². The summed E-state index contributed by atoms with van der Waals surface area (Å²) in [6, 6.07) is 0.944. The van der Waals surface area contributed by atoms with Gasteiger partial charge in [-0.15, -0.1) is 0 Å². The summed E-state index contributed by atoms with van der Waals surface area (Å²) in [4.78, 5) is 20.2. The minimum Gasteiger partial charge on any atom is -0.475 e. The van der Waals surface area contributed by atoms with Crippen LogP contribution in [0.25, 0.3) is 0 Å². The zero-order chi connectivity index (χ0) is 13.7. The first-order chi connectivity index (χ1) is 8.43. The highest BCUT2D eigenvalue weighted by molar-refractivity contribution is 14.1. The monoisotopic (exact) mass is 365 g/mol. The van der Waals surface area contributed by atoms with Gasteiger partial charge in [0.2, 0.25) is 5.88 Å². The highest BCUT2D eigenvalue weighted by Gasteiger charge is 2.13. The van der Waals surface area contributed by atoms with Crippen LogP contribution in [0.3, 0.4) is 0 Å². The third kappa shape index (κ3) is 4.24. The van der Waals surface area contributed by atoms with Crippen LogP contribution in [0.2, 0.25) is 0 Å². The minimum absolute atomic E-state index is 0.162. The number of nitrogens with zero attached hydrogens (tertiary/aromatic N) is 2. The van der Waals surface area contributed by atoms with Gasteiger partial charge in [0.25, 0.3) is 5.56 Å². The molecule has 1 heterocycles. The minimum atomic E-state index is -0.162. The zero-order valence-electron chi connectivity index (χ0n) is 11.2. The van der Waals surface area contributed by atoms with Gasteiger partial charge in [0.15, 0.2) is 0 Å². The van der Waals surface area contributed by atoms with E-state index in [1.54, 1.807) is 0 Å². The van der Waals surface area contributed by atoms with E-state index < -0.39 is 0 Å². The summed E-state index contributed by atoms with van der Waals surface area (Å²) in [5.41, 5.74) is -0.162. The van der Waals surface area contributed by atoms with E-state index in [9.17, 15) is 4.79 Å². The van der Waals surface area contributed by atoms with Crippen molar-refractivity contribution in [2.75, 3.05) is 13.2 Å². The molecule has 0 saturated heterocycles. The Morgan fingerprint density at radius 3 is 2.56 bits per heavy atom. The molecule has 0 spiro atoms.